The van der Waals surface area contributed by atoms with E-state index < -0.39 is 5.25 Å². The van der Waals surface area contributed by atoms with Crippen LogP contribution in [-0.4, -0.2) is 27.7 Å². The van der Waals surface area contributed by atoms with E-state index in [0.29, 0.717) is 22.0 Å². The predicted octanol–water partition coefficient (Wildman–Crippen LogP) is 4.87. The molecule has 0 bridgehead atoms. The summed E-state index contributed by atoms with van der Waals surface area (Å²) < 4.78 is 6.61. The monoisotopic (exact) mass is 428 g/mol. The van der Waals surface area contributed by atoms with E-state index in [0.717, 1.165) is 22.9 Å². The molecule has 0 aliphatic heterocycles. The summed E-state index contributed by atoms with van der Waals surface area (Å²) in [5.74, 6) is 0.488. The van der Waals surface area contributed by atoms with Crippen molar-refractivity contribution in [2.45, 2.75) is 31.0 Å². The summed E-state index contributed by atoms with van der Waals surface area (Å²) in [4.78, 5) is 29.9. The first-order chi connectivity index (χ1) is 13.8. The number of halogens is 1. The lowest BCUT2D eigenvalue weighted by Crippen LogP contribution is -2.23. The van der Waals surface area contributed by atoms with Crippen LogP contribution < -0.4 is 10.3 Å². The standard InChI is InChI=1S/C22H21ClN2O3S/c1-13-5-6-16(11-14(13)2)20(26)15(3)29-21-22(27)25(10-9-24-21)17-7-8-19(28-4)18(23)12-17/h5-12,15H,1-4H3. The summed E-state index contributed by atoms with van der Waals surface area (Å²) in [6, 6.07) is 10.7. The minimum absolute atomic E-state index is 0.0396. The third kappa shape index (κ3) is 4.54. The topological polar surface area (TPSA) is 61.2 Å². The van der Waals surface area contributed by atoms with Gasteiger partial charge in [-0.1, -0.05) is 35.5 Å². The third-order valence-corrected chi connectivity index (χ3v) is 6.04. The maximum atomic E-state index is 12.9. The first-order valence-corrected chi connectivity index (χ1v) is 10.3. The highest BCUT2D eigenvalue weighted by Crippen LogP contribution is 2.27. The molecule has 0 saturated heterocycles. The molecule has 0 aliphatic carbocycles. The molecule has 2 aromatic carbocycles. The molecule has 0 aliphatic rings. The largest absolute Gasteiger partial charge is 0.495 e. The number of ketones is 1. The van der Waals surface area contributed by atoms with Crippen molar-refractivity contribution in [3.63, 3.8) is 0 Å². The molecule has 0 saturated carbocycles. The fourth-order valence-electron chi connectivity index (χ4n) is 2.83. The Balaban J connectivity index is 1.87. The summed E-state index contributed by atoms with van der Waals surface area (Å²) in [7, 11) is 1.53. The Labute approximate surface area is 178 Å². The molecule has 3 rings (SSSR count). The van der Waals surface area contributed by atoms with Crippen LogP contribution in [-0.2, 0) is 0 Å². The van der Waals surface area contributed by atoms with Crippen LogP contribution in [0.15, 0.2) is 58.6 Å². The van der Waals surface area contributed by atoms with Gasteiger partial charge in [-0.3, -0.25) is 14.2 Å². The molecule has 5 nitrogen and oxygen atoms in total. The molecule has 1 atom stereocenters. The quantitative estimate of drug-likeness (QED) is 0.414. The van der Waals surface area contributed by atoms with Gasteiger partial charge in [0.2, 0.25) is 0 Å². The normalized spacial score (nSPS) is 11.9. The van der Waals surface area contributed by atoms with E-state index >= 15 is 0 Å². The van der Waals surface area contributed by atoms with Crippen molar-refractivity contribution in [3.8, 4) is 11.4 Å². The van der Waals surface area contributed by atoms with Gasteiger partial charge in [0.25, 0.3) is 5.56 Å². The fraction of sp³-hybridized carbons (Fsp3) is 0.227. The van der Waals surface area contributed by atoms with Gasteiger partial charge >= 0.3 is 0 Å². The van der Waals surface area contributed by atoms with Gasteiger partial charge in [0.1, 0.15) is 5.75 Å². The van der Waals surface area contributed by atoms with Crippen LogP contribution in [0.3, 0.4) is 0 Å². The summed E-state index contributed by atoms with van der Waals surface area (Å²) >= 11 is 7.34. The number of hydrogen-bond acceptors (Lipinski definition) is 5. The van der Waals surface area contributed by atoms with Crippen molar-refractivity contribution in [1.82, 2.24) is 9.55 Å². The van der Waals surface area contributed by atoms with Gasteiger partial charge in [0, 0.05) is 18.0 Å². The number of methoxy groups -OCH3 is 1. The number of benzene rings is 2. The zero-order valence-electron chi connectivity index (χ0n) is 16.6. The Kier molecular flexibility index (Phi) is 6.45. The first kappa shape index (κ1) is 21.1. The molecule has 1 heterocycles. The van der Waals surface area contributed by atoms with Crippen molar-refractivity contribution in [2.24, 2.45) is 0 Å². The molecule has 0 fully saturated rings. The van der Waals surface area contributed by atoms with E-state index in [2.05, 4.69) is 4.98 Å². The number of carbonyl (C=O) groups excluding carboxylic acids is 1. The predicted molar refractivity (Wildman–Crippen MR) is 117 cm³/mol. The van der Waals surface area contributed by atoms with E-state index in [1.165, 1.54) is 17.9 Å². The van der Waals surface area contributed by atoms with Crippen molar-refractivity contribution in [1.29, 1.82) is 0 Å². The maximum absolute atomic E-state index is 12.9. The van der Waals surface area contributed by atoms with Gasteiger partial charge in [-0.15, -0.1) is 0 Å². The molecule has 3 aromatic rings. The van der Waals surface area contributed by atoms with Crippen LogP contribution in [0.1, 0.15) is 28.4 Å². The summed E-state index contributed by atoms with van der Waals surface area (Å²) in [6.07, 6.45) is 3.11. The molecule has 29 heavy (non-hydrogen) atoms. The number of Topliss-reactive ketones (excluding diaryl/α,β-unsaturated/α-hetero) is 1. The molecule has 0 N–H and O–H groups in total. The Morgan fingerprint density at radius 1 is 1.17 bits per heavy atom. The first-order valence-electron chi connectivity index (χ1n) is 9.01. The van der Waals surface area contributed by atoms with Gasteiger partial charge in [0.15, 0.2) is 10.8 Å². The Morgan fingerprint density at radius 3 is 2.59 bits per heavy atom. The zero-order valence-corrected chi connectivity index (χ0v) is 18.2. The van der Waals surface area contributed by atoms with Crippen molar-refractivity contribution in [3.05, 3.63) is 80.9 Å². The molecule has 7 heteroatoms. The second-order valence-electron chi connectivity index (χ2n) is 6.65. The molecule has 0 amide bonds. The average molecular weight is 429 g/mol. The third-order valence-electron chi connectivity index (χ3n) is 4.67. The van der Waals surface area contributed by atoms with E-state index in [1.807, 2.05) is 32.0 Å². The number of nitrogens with zero attached hydrogens (tertiary/aromatic N) is 2. The summed E-state index contributed by atoms with van der Waals surface area (Å²) in [6.45, 7) is 5.76. The van der Waals surface area contributed by atoms with E-state index in [4.69, 9.17) is 16.3 Å². The van der Waals surface area contributed by atoms with E-state index in [-0.39, 0.29) is 16.4 Å². The van der Waals surface area contributed by atoms with Gasteiger partial charge in [-0.2, -0.15) is 0 Å². The maximum Gasteiger partial charge on any atom is 0.287 e. The molecule has 1 unspecified atom stereocenters. The number of aromatic nitrogens is 2. The zero-order chi connectivity index (χ0) is 21.1. The van der Waals surface area contributed by atoms with Crippen molar-refractivity contribution in [2.75, 3.05) is 7.11 Å². The SMILES string of the molecule is COc1ccc(-n2ccnc(SC(C)C(=O)c3ccc(C)c(C)c3)c2=O)cc1Cl. The number of thioether (sulfide) groups is 1. The van der Waals surface area contributed by atoms with E-state index in [1.54, 1.807) is 31.3 Å². The molecule has 1 aromatic heterocycles. The molecule has 0 spiro atoms. The van der Waals surface area contributed by atoms with Crippen LogP contribution >= 0.6 is 23.4 Å². The molecule has 0 radical (unpaired) electrons. The van der Waals surface area contributed by atoms with Crippen LogP contribution in [0.5, 0.6) is 5.75 Å². The number of ether oxygens (including phenoxy) is 1. The minimum Gasteiger partial charge on any atom is -0.495 e. The Hall–Kier alpha value is -2.57. The van der Waals surface area contributed by atoms with Gasteiger partial charge in [-0.05, 0) is 56.2 Å². The van der Waals surface area contributed by atoms with Gasteiger partial charge in [0.05, 0.1) is 23.1 Å². The van der Waals surface area contributed by atoms with Gasteiger partial charge < -0.3 is 4.74 Å². The van der Waals surface area contributed by atoms with Crippen molar-refractivity contribution >= 4 is 29.1 Å². The van der Waals surface area contributed by atoms with Crippen LogP contribution in [0.2, 0.25) is 5.02 Å². The number of aryl methyl sites for hydroxylation is 2. The molecular formula is C22H21ClN2O3S. The van der Waals surface area contributed by atoms with Crippen LogP contribution in [0.25, 0.3) is 5.69 Å². The van der Waals surface area contributed by atoms with Crippen molar-refractivity contribution < 1.29 is 9.53 Å². The number of carbonyl (C=O) groups is 1. The van der Waals surface area contributed by atoms with Crippen LogP contribution in [0, 0.1) is 13.8 Å². The lowest BCUT2D eigenvalue weighted by molar-refractivity contribution is 0.0994. The number of hydrogen-bond donors (Lipinski definition) is 0. The Morgan fingerprint density at radius 2 is 1.93 bits per heavy atom. The summed E-state index contributed by atoms with van der Waals surface area (Å²) in [5, 5.41) is 0.206. The molecular weight excluding hydrogens is 408 g/mol. The average Bonchev–Trinajstić information content (AvgIpc) is 2.71. The fourth-order valence-corrected chi connectivity index (χ4v) is 3.98. The molecule has 150 valence electrons. The van der Waals surface area contributed by atoms with Gasteiger partial charge in [-0.25, -0.2) is 4.98 Å². The lowest BCUT2D eigenvalue weighted by Gasteiger charge is -2.13. The highest BCUT2D eigenvalue weighted by atomic mass is 35.5. The summed E-state index contributed by atoms with van der Waals surface area (Å²) in [5.41, 5.74) is 3.11. The van der Waals surface area contributed by atoms with E-state index in [9.17, 15) is 9.59 Å². The highest BCUT2D eigenvalue weighted by Gasteiger charge is 2.20. The number of rotatable bonds is 6. The highest BCUT2D eigenvalue weighted by molar-refractivity contribution is 8.00. The second kappa shape index (κ2) is 8.84. The minimum atomic E-state index is -0.451. The Bertz CT molecular complexity index is 1130. The van der Waals surface area contributed by atoms with Crippen LogP contribution in [0.4, 0.5) is 0 Å². The second-order valence-corrected chi connectivity index (χ2v) is 8.39. The smallest absolute Gasteiger partial charge is 0.287 e. The lowest BCUT2D eigenvalue weighted by atomic mass is 10.0.